The zero-order valence-electron chi connectivity index (χ0n) is 9.79. The van der Waals surface area contributed by atoms with E-state index in [2.05, 4.69) is 13.0 Å². The maximum atomic E-state index is 5.74. The molecule has 0 aliphatic carbocycles. The molecule has 1 aromatic carbocycles. The number of hydrogen-bond donors (Lipinski definition) is 1. The minimum atomic E-state index is 0.730. The summed E-state index contributed by atoms with van der Waals surface area (Å²) < 4.78 is 11.4. The minimum absolute atomic E-state index is 0.730. The molecule has 1 heterocycles. The predicted octanol–water partition coefficient (Wildman–Crippen LogP) is 2.05. The van der Waals surface area contributed by atoms with Crippen molar-refractivity contribution in [1.82, 2.24) is 0 Å². The summed E-state index contributed by atoms with van der Waals surface area (Å²) in [6.45, 7) is 4.32. The van der Waals surface area contributed by atoms with Gasteiger partial charge >= 0.3 is 0 Å². The van der Waals surface area contributed by atoms with Gasteiger partial charge in [0, 0.05) is 6.42 Å². The first kappa shape index (κ1) is 11.3. The molecule has 88 valence electrons. The van der Waals surface area contributed by atoms with E-state index in [0.29, 0.717) is 0 Å². The predicted molar refractivity (Wildman–Crippen MR) is 64.2 cm³/mol. The second kappa shape index (κ2) is 5.21. The maximum absolute atomic E-state index is 5.74. The second-order valence-corrected chi connectivity index (χ2v) is 4.12. The van der Waals surface area contributed by atoms with Gasteiger partial charge in [0.15, 0.2) is 11.5 Å². The quantitative estimate of drug-likeness (QED) is 0.849. The lowest BCUT2D eigenvalue weighted by atomic mass is 10.0. The Hall–Kier alpha value is -1.22. The number of hydrogen-bond acceptors (Lipinski definition) is 3. The van der Waals surface area contributed by atoms with Crippen LogP contribution in [0.15, 0.2) is 12.1 Å². The number of ether oxygens (including phenoxy) is 2. The fourth-order valence-corrected chi connectivity index (χ4v) is 1.98. The second-order valence-electron chi connectivity index (χ2n) is 4.12. The van der Waals surface area contributed by atoms with Crippen LogP contribution < -0.4 is 15.2 Å². The van der Waals surface area contributed by atoms with E-state index in [1.165, 1.54) is 11.1 Å². The summed E-state index contributed by atoms with van der Waals surface area (Å²) in [4.78, 5) is 0. The molecular weight excluding hydrogens is 202 g/mol. The van der Waals surface area contributed by atoms with Crippen molar-refractivity contribution in [2.45, 2.75) is 26.2 Å². The van der Waals surface area contributed by atoms with Crippen molar-refractivity contribution in [3.8, 4) is 11.5 Å². The molecule has 0 bridgehead atoms. The molecule has 1 aliphatic heterocycles. The van der Waals surface area contributed by atoms with Gasteiger partial charge in [-0.3, -0.25) is 0 Å². The van der Waals surface area contributed by atoms with Crippen molar-refractivity contribution in [1.29, 1.82) is 0 Å². The van der Waals surface area contributed by atoms with Crippen LogP contribution in [0.4, 0.5) is 0 Å². The van der Waals surface area contributed by atoms with E-state index in [9.17, 15) is 0 Å². The zero-order valence-corrected chi connectivity index (χ0v) is 9.79. The first-order valence-electron chi connectivity index (χ1n) is 5.91. The summed E-state index contributed by atoms with van der Waals surface area (Å²) in [5, 5.41) is 0. The average Bonchev–Trinajstić information content (AvgIpc) is 2.54. The van der Waals surface area contributed by atoms with Crippen molar-refractivity contribution in [2.24, 2.45) is 5.73 Å². The Bertz CT molecular complexity index is 363. The lowest BCUT2D eigenvalue weighted by Crippen LogP contribution is -2.03. The monoisotopic (exact) mass is 221 g/mol. The van der Waals surface area contributed by atoms with Gasteiger partial charge in [0.2, 0.25) is 0 Å². The average molecular weight is 221 g/mol. The molecular formula is C13H19NO2. The molecule has 0 amide bonds. The number of benzene rings is 1. The van der Waals surface area contributed by atoms with E-state index in [1.54, 1.807) is 0 Å². The molecule has 2 N–H and O–H groups in total. The van der Waals surface area contributed by atoms with Crippen LogP contribution in [-0.4, -0.2) is 19.8 Å². The summed E-state index contributed by atoms with van der Waals surface area (Å²) in [5.41, 5.74) is 8.05. The van der Waals surface area contributed by atoms with E-state index < -0.39 is 0 Å². The van der Waals surface area contributed by atoms with Crippen molar-refractivity contribution >= 4 is 0 Å². The van der Waals surface area contributed by atoms with E-state index in [-0.39, 0.29) is 0 Å². The summed E-state index contributed by atoms with van der Waals surface area (Å²) in [6, 6.07) is 4.14. The Labute approximate surface area is 96.5 Å². The highest BCUT2D eigenvalue weighted by molar-refractivity contribution is 5.50. The highest BCUT2D eigenvalue weighted by Gasteiger charge is 2.14. The van der Waals surface area contributed by atoms with Crippen LogP contribution in [0.1, 0.15) is 24.0 Å². The van der Waals surface area contributed by atoms with E-state index in [1.807, 2.05) is 6.07 Å². The Morgan fingerprint density at radius 1 is 1.25 bits per heavy atom. The van der Waals surface area contributed by atoms with Gasteiger partial charge < -0.3 is 15.2 Å². The van der Waals surface area contributed by atoms with Crippen LogP contribution in [0, 0.1) is 6.92 Å². The Morgan fingerprint density at radius 3 is 2.88 bits per heavy atom. The van der Waals surface area contributed by atoms with E-state index in [0.717, 1.165) is 50.5 Å². The lowest BCUT2D eigenvalue weighted by Gasteiger charge is -2.13. The van der Waals surface area contributed by atoms with Crippen LogP contribution in [0.25, 0.3) is 0 Å². The smallest absolute Gasteiger partial charge is 0.164 e. The van der Waals surface area contributed by atoms with Crippen LogP contribution in [-0.2, 0) is 6.42 Å². The zero-order chi connectivity index (χ0) is 11.4. The van der Waals surface area contributed by atoms with Crippen molar-refractivity contribution in [3.63, 3.8) is 0 Å². The molecule has 16 heavy (non-hydrogen) atoms. The van der Waals surface area contributed by atoms with Crippen LogP contribution in [0.3, 0.4) is 0 Å². The number of aryl methyl sites for hydroxylation is 1. The third-order valence-corrected chi connectivity index (χ3v) is 2.92. The summed E-state index contributed by atoms with van der Waals surface area (Å²) in [7, 11) is 0. The van der Waals surface area contributed by atoms with Gasteiger partial charge in [0.25, 0.3) is 0 Å². The molecule has 1 aliphatic rings. The van der Waals surface area contributed by atoms with Crippen LogP contribution in [0.2, 0.25) is 0 Å². The first-order valence-corrected chi connectivity index (χ1v) is 5.91. The van der Waals surface area contributed by atoms with Crippen molar-refractivity contribution in [2.75, 3.05) is 19.8 Å². The van der Waals surface area contributed by atoms with Crippen LogP contribution in [0.5, 0.6) is 11.5 Å². The molecule has 1 aromatic rings. The molecule has 0 unspecified atom stereocenters. The largest absolute Gasteiger partial charge is 0.490 e. The Kier molecular flexibility index (Phi) is 3.67. The number of fused-ring (bicyclic) bond motifs is 1. The van der Waals surface area contributed by atoms with Gasteiger partial charge in [-0.1, -0.05) is 6.07 Å². The van der Waals surface area contributed by atoms with Gasteiger partial charge in [-0.25, -0.2) is 0 Å². The third kappa shape index (κ3) is 2.30. The first-order chi connectivity index (χ1) is 7.83. The maximum Gasteiger partial charge on any atom is 0.164 e. The van der Waals surface area contributed by atoms with Gasteiger partial charge in [-0.15, -0.1) is 0 Å². The highest BCUT2D eigenvalue weighted by atomic mass is 16.5. The number of rotatable bonds is 3. The molecule has 0 atom stereocenters. The molecule has 3 heteroatoms. The molecule has 0 saturated heterocycles. The van der Waals surface area contributed by atoms with Gasteiger partial charge in [-0.05, 0) is 43.5 Å². The van der Waals surface area contributed by atoms with Gasteiger partial charge in [0.1, 0.15) is 0 Å². The third-order valence-electron chi connectivity index (χ3n) is 2.92. The Balaban J connectivity index is 2.26. The van der Waals surface area contributed by atoms with Gasteiger partial charge in [0.05, 0.1) is 13.2 Å². The van der Waals surface area contributed by atoms with Crippen molar-refractivity contribution < 1.29 is 9.47 Å². The topological polar surface area (TPSA) is 44.5 Å². The highest BCUT2D eigenvalue weighted by Crippen LogP contribution is 2.35. The minimum Gasteiger partial charge on any atom is -0.490 e. The van der Waals surface area contributed by atoms with Crippen molar-refractivity contribution in [3.05, 3.63) is 23.3 Å². The SMILES string of the molecule is Cc1c(CCCN)ccc2c1OCCCO2. The normalized spacial score (nSPS) is 14.6. The van der Waals surface area contributed by atoms with Gasteiger partial charge in [-0.2, -0.15) is 0 Å². The molecule has 0 radical (unpaired) electrons. The van der Waals surface area contributed by atoms with E-state index >= 15 is 0 Å². The summed E-state index contributed by atoms with van der Waals surface area (Å²) >= 11 is 0. The Morgan fingerprint density at radius 2 is 2.06 bits per heavy atom. The molecule has 0 fully saturated rings. The molecule has 0 saturated carbocycles. The standard InChI is InChI=1S/C13H19NO2/c1-10-11(4-2-7-14)5-6-12-13(10)16-9-3-8-15-12/h5-6H,2-4,7-9,14H2,1H3. The molecule has 0 spiro atoms. The molecule has 3 nitrogen and oxygen atoms in total. The van der Waals surface area contributed by atoms with Crippen LogP contribution >= 0.6 is 0 Å². The van der Waals surface area contributed by atoms with E-state index in [4.69, 9.17) is 15.2 Å². The summed E-state index contributed by atoms with van der Waals surface area (Å²) in [5.74, 6) is 1.80. The summed E-state index contributed by atoms with van der Waals surface area (Å²) in [6.07, 6.45) is 2.98. The lowest BCUT2D eigenvalue weighted by molar-refractivity contribution is 0.296. The molecule has 2 rings (SSSR count). The fraction of sp³-hybridized carbons (Fsp3) is 0.538. The molecule has 0 aromatic heterocycles. The number of nitrogens with two attached hydrogens (primary N) is 1. The fourth-order valence-electron chi connectivity index (χ4n) is 1.98.